The molecule has 1 heterocycles. The van der Waals surface area contributed by atoms with Crippen LogP contribution in [-0.4, -0.2) is 39.4 Å². The van der Waals surface area contributed by atoms with Crippen LogP contribution in [0.5, 0.6) is 5.75 Å². The molecule has 0 spiro atoms. The van der Waals surface area contributed by atoms with Crippen LogP contribution in [0.4, 0.5) is 13.6 Å². The number of hydrogen-bond acceptors (Lipinski definition) is 5. The average Bonchev–Trinajstić information content (AvgIpc) is 2.79. The number of carbonyl (C=O) groups is 1. The Balaban J connectivity index is 1.82. The molecule has 0 aromatic heterocycles. The van der Waals surface area contributed by atoms with Crippen LogP contribution < -0.4 is 15.4 Å². The van der Waals surface area contributed by atoms with Crippen LogP contribution in [0.3, 0.4) is 0 Å². The number of nitrogens with one attached hydrogen (secondary N) is 2. The van der Waals surface area contributed by atoms with E-state index < -0.39 is 23.8 Å². The van der Waals surface area contributed by atoms with Gasteiger partial charge in [-0.15, -0.1) is 0 Å². The molecule has 2 atom stereocenters. The lowest BCUT2D eigenvalue weighted by molar-refractivity contribution is 0.00238. The number of methoxy groups -OCH3 is 1. The van der Waals surface area contributed by atoms with Crippen molar-refractivity contribution in [1.29, 1.82) is 0 Å². The minimum Gasteiger partial charge on any atom is -0.485 e. The lowest BCUT2D eigenvalue weighted by atomic mass is 9.88. The number of alkyl carbamates (subject to hydrolysis) is 1. The van der Waals surface area contributed by atoms with Crippen LogP contribution in [0, 0.1) is 17.6 Å². The molecule has 31 heavy (non-hydrogen) atoms. The minimum absolute atomic E-state index is 0.00662. The highest BCUT2D eigenvalue weighted by Gasteiger charge is 2.30. The molecule has 1 saturated heterocycles. The van der Waals surface area contributed by atoms with Gasteiger partial charge in [0.05, 0.1) is 19.8 Å². The Morgan fingerprint density at radius 2 is 2.06 bits per heavy atom. The van der Waals surface area contributed by atoms with Gasteiger partial charge in [0, 0.05) is 30.6 Å². The van der Waals surface area contributed by atoms with E-state index >= 15 is 0 Å². The Morgan fingerprint density at radius 1 is 1.26 bits per heavy atom. The van der Waals surface area contributed by atoms with E-state index in [0.717, 1.165) is 31.0 Å². The first-order chi connectivity index (χ1) is 15.1. The molecule has 1 fully saturated rings. The first-order valence-electron chi connectivity index (χ1n) is 10.4. The maximum absolute atomic E-state index is 14.8. The summed E-state index contributed by atoms with van der Waals surface area (Å²) in [5.41, 5.74) is 1.21. The lowest BCUT2D eigenvalue weighted by Gasteiger charge is -2.32. The molecule has 3 rings (SSSR count). The van der Waals surface area contributed by atoms with Crippen molar-refractivity contribution in [3.63, 3.8) is 0 Å². The summed E-state index contributed by atoms with van der Waals surface area (Å²) in [6, 6.07) is 11.5. The van der Waals surface area contributed by atoms with Crippen molar-refractivity contribution >= 4 is 6.09 Å². The van der Waals surface area contributed by atoms with Crippen molar-refractivity contribution in [2.45, 2.75) is 25.6 Å². The van der Waals surface area contributed by atoms with Gasteiger partial charge in [0.25, 0.3) is 0 Å². The largest absolute Gasteiger partial charge is 0.485 e. The first kappa shape index (κ1) is 23.0. The molecule has 1 aliphatic heterocycles. The number of rotatable bonds is 9. The number of halogens is 2. The summed E-state index contributed by atoms with van der Waals surface area (Å²) in [4.78, 5) is 11.3. The molecule has 0 radical (unpaired) electrons. The zero-order valence-electron chi connectivity index (χ0n) is 17.5. The van der Waals surface area contributed by atoms with E-state index in [1.54, 1.807) is 0 Å². The summed E-state index contributed by atoms with van der Waals surface area (Å²) in [7, 11) is 1.28. The zero-order chi connectivity index (χ0) is 22.1. The van der Waals surface area contributed by atoms with Gasteiger partial charge < -0.3 is 24.8 Å². The van der Waals surface area contributed by atoms with Gasteiger partial charge in [-0.3, -0.25) is 0 Å². The number of hydrogen-bond donors (Lipinski definition) is 2. The Hall–Kier alpha value is -2.71. The van der Waals surface area contributed by atoms with Gasteiger partial charge >= 0.3 is 6.09 Å². The molecule has 0 aliphatic carbocycles. The van der Waals surface area contributed by atoms with E-state index in [-0.39, 0.29) is 31.4 Å². The normalized spacial score (nSPS) is 17.1. The smallest absolute Gasteiger partial charge is 0.406 e. The second-order valence-electron chi connectivity index (χ2n) is 7.40. The highest BCUT2D eigenvalue weighted by molar-refractivity contribution is 5.66. The Labute approximate surface area is 180 Å². The van der Waals surface area contributed by atoms with Crippen LogP contribution in [0.15, 0.2) is 42.5 Å². The maximum atomic E-state index is 14.8. The van der Waals surface area contributed by atoms with Gasteiger partial charge in [-0.1, -0.05) is 30.3 Å². The number of amides is 1. The second kappa shape index (κ2) is 11.6. The third-order valence-electron chi connectivity index (χ3n) is 5.19. The number of ether oxygens (including phenoxy) is 3. The quantitative estimate of drug-likeness (QED) is 0.585. The molecule has 8 heteroatoms. The minimum atomic E-state index is -0.768. The first-order valence-corrected chi connectivity index (χ1v) is 10.4. The summed E-state index contributed by atoms with van der Waals surface area (Å²) in [6.07, 6.45) is 0.618. The zero-order valence-corrected chi connectivity index (χ0v) is 17.5. The highest BCUT2D eigenvalue weighted by Crippen LogP contribution is 2.38. The van der Waals surface area contributed by atoms with Crippen LogP contribution >= 0.6 is 0 Å². The van der Waals surface area contributed by atoms with Gasteiger partial charge in [0.2, 0.25) is 0 Å². The summed E-state index contributed by atoms with van der Waals surface area (Å²) < 4.78 is 45.4. The summed E-state index contributed by atoms with van der Waals surface area (Å²) >= 11 is 0. The molecule has 2 aromatic carbocycles. The summed E-state index contributed by atoms with van der Waals surface area (Å²) in [5, 5.41) is 5.86. The molecule has 2 N–H and O–H groups in total. The van der Waals surface area contributed by atoms with Gasteiger partial charge in [0.1, 0.15) is 12.4 Å². The lowest BCUT2D eigenvalue weighted by Crippen LogP contribution is -2.35. The van der Waals surface area contributed by atoms with Crippen molar-refractivity contribution < 1.29 is 27.8 Å². The highest BCUT2D eigenvalue weighted by atomic mass is 19.1. The van der Waals surface area contributed by atoms with Gasteiger partial charge in [0.15, 0.2) is 11.6 Å². The van der Waals surface area contributed by atoms with Crippen molar-refractivity contribution in [2.24, 2.45) is 5.92 Å². The third kappa shape index (κ3) is 6.63. The van der Waals surface area contributed by atoms with Crippen molar-refractivity contribution in [2.75, 3.05) is 33.4 Å². The summed E-state index contributed by atoms with van der Waals surface area (Å²) in [6.45, 7) is 2.07. The van der Waals surface area contributed by atoms with E-state index in [9.17, 15) is 13.6 Å². The molecular weight excluding hydrogens is 406 g/mol. The number of carbonyl (C=O) groups excluding carboxylic acids is 1. The molecular formula is C23H28F2N2O4. The van der Waals surface area contributed by atoms with Crippen molar-refractivity contribution in [3.05, 3.63) is 65.2 Å². The third-order valence-corrected chi connectivity index (χ3v) is 5.19. The van der Waals surface area contributed by atoms with Crippen LogP contribution in [0.1, 0.15) is 30.1 Å². The van der Waals surface area contributed by atoms with Crippen LogP contribution in [0.2, 0.25) is 0 Å². The van der Waals surface area contributed by atoms with Crippen LogP contribution in [0.25, 0.3) is 0 Å². The predicted molar refractivity (Wildman–Crippen MR) is 112 cm³/mol. The van der Waals surface area contributed by atoms with E-state index in [1.807, 2.05) is 30.3 Å². The molecule has 0 bridgehead atoms. The second-order valence-corrected chi connectivity index (χ2v) is 7.40. The van der Waals surface area contributed by atoms with Gasteiger partial charge in [-0.2, -0.15) is 0 Å². The topological polar surface area (TPSA) is 68.8 Å². The van der Waals surface area contributed by atoms with Gasteiger partial charge in [-0.25, -0.2) is 13.6 Å². The van der Waals surface area contributed by atoms with E-state index in [1.165, 1.54) is 13.2 Å². The fourth-order valence-corrected chi connectivity index (χ4v) is 3.70. The Morgan fingerprint density at radius 3 is 2.77 bits per heavy atom. The average molecular weight is 434 g/mol. The van der Waals surface area contributed by atoms with Crippen LogP contribution in [-0.2, 0) is 16.1 Å². The van der Waals surface area contributed by atoms with E-state index in [2.05, 4.69) is 15.4 Å². The van der Waals surface area contributed by atoms with E-state index in [4.69, 9.17) is 9.47 Å². The molecule has 2 aromatic rings. The molecule has 1 amide bonds. The standard InChI is InChI=1S/C23H28F2N2O4/c1-29-23(28)27-10-11-30-21(17-8-5-9-26-14-17)19-12-18(24)13-20(25)22(19)31-15-16-6-3-2-4-7-16/h2-4,6-7,12-13,17,21,26H,5,8-11,14-15H2,1H3,(H,27,28)/t17?,21-/m1/s1. The van der Waals surface area contributed by atoms with E-state index in [0.29, 0.717) is 12.1 Å². The number of piperidine rings is 1. The molecule has 1 aliphatic rings. The molecule has 6 nitrogen and oxygen atoms in total. The van der Waals surface area contributed by atoms with Crippen molar-refractivity contribution in [1.82, 2.24) is 10.6 Å². The Kier molecular flexibility index (Phi) is 8.61. The monoisotopic (exact) mass is 434 g/mol. The SMILES string of the molecule is COC(=O)NCCO[C@@H](c1cc(F)cc(F)c1OCc1ccccc1)C1CCCNC1. The molecule has 1 unspecified atom stereocenters. The molecule has 0 saturated carbocycles. The Bertz CT molecular complexity index is 845. The fourth-order valence-electron chi connectivity index (χ4n) is 3.70. The van der Waals surface area contributed by atoms with Gasteiger partial charge in [-0.05, 0) is 31.0 Å². The maximum Gasteiger partial charge on any atom is 0.406 e. The predicted octanol–water partition coefficient (Wildman–Crippen LogP) is 3.96. The fraction of sp³-hybridized carbons (Fsp3) is 0.435. The number of benzene rings is 2. The summed E-state index contributed by atoms with van der Waals surface area (Å²) in [5.74, 6) is -1.46. The molecule has 168 valence electrons. The van der Waals surface area contributed by atoms with Crippen molar-refractivity contribution in [3.8, 4) is 5.75 Å².